The smallest absolute Gasteiger partial charge is 0.207 e. The maximum Gasteiger partial charge on any atom is 0.207 e. The molecule has 2 aromatic rings. The molecule has 1 saturated carbocycles. The van der Waals surface area contributed by atoms with Gasteiger partial charge in [-0.1, -0.05) is 6.92 Å². The highest BCUT2D eigenvalue weighted by Crippen LogP contribution is 2.37. The van der Waals surface area contributed by atoms with Crippen molar-refractivity contribution in [2.75, 3.05) is 11.9 Å². The van der Waals surface area contributed by atoms with E-state index in [1.54, 1.807) is 0 Å². The molecular formula is C16H21N3O. The molecule has 1 N–H and O–H groups in total. The van der Waals surface area contributed by atoms with Gasteiger partial charge in [0.2, 0.25) is 5.95 Å². The van der Waals surface area contributed by atoms with Gasteiger partial charge in [-0.05, 0) is 50.5 Å². The molecule has 1 aliphatic carbocycles. The Balaban J connectivity index is 1.71. The first-order valence-electron chi connectivity index (χ1n) is 7.31. The Morgan fingerprint density at radius 3 is 2.70 bits per heavy atom. The fraction of sp³-hybridized carbons (Fsp3) is 0.438. The van der Waals surface area contributed by atoms with Crippen LogP contribution in [0.2, 0.25) is 0 Å². The van der Waals surface area contributed by atoms with Gasteiger partial charge in [0.05, 0.1) is 12.3 Å². The van der Waals surface area contributed by atoms with E-state index in [-0.39, 0.29) is 0 Å². The van der Waals surface area contributed by atoms with Crippen molar-refractivity contribution in [3.05, 3.63) is 36.2 Å². The summed E-state index contributed by atoms with van der Waals surface area (Å²) >= 11 is 0. The molecule has 0 aliphatic heterocycles. The van der Waals surface area contributed by atoms with Gasteiger partial charge in [-0.25, -0.2) is 4.98 Å². The lowest BCUT2D eigenvalue weighted by Crippen LogP contribution is -2.01. The summed E-state index contributed by atoms with van der Waals surface area (Å²) in [6.45, 7) is 4.90. The maximum atomic E-state index is 5.59. The molecule has 3 rings (SSSR count). The minimum Gasteiger partial charge on any atom is -0.494 e. The highest BCUT2D eigenvalue weighted by molar-refractivity contribution is 5.55. The zero-order valence-electron chi connectivity index (χ0n) is 12.1. The molecular weight excluding hydrogens is 250 g/mol. The van der Waals surface area contributed by atoms with E-state index in [4.69, 9.17) is 4.74 Å². The van der Waals surface area contributed by atoms with Gasteiger partial charge in [-0.3, -0.25) is 0 Å². The molecule has 106 valence electrons. The monoisotopic (exact) mass is 271 g/mol. The Morgan fingerprint density at radius 1 is 1.30 bits per heavy atom. The number of anilines is 2. The van der Waals surface area contributed by atoms with Gasteiger partial charge >= 0.3 is 0 Å². The van der Waals surface area contributed by atoms with E-state index in [1.807, 2.05) is 31.2 Å². The van der Waals surface area contributed by atoms with E-state index in [0.29, 0.717) is 6.04 Å². The van der Waals surface area contributed by atoms with Crippen molar-refractivity contribution >= 4 is 11.6 Å². The second kappa shape index (κ2) is 5.57. The molecule has 0 unspecified atom stereocenters. The van der Waals surface area contributed by atoms with Crippen LogP contribution in [-0.2, 0) is 0 Å². The summed E-state index contributed by atoms with van der Waals surface area (Å²) in [5.74, 6) is 1.85. The van der Waals surface area contributed by atoms with Crippen LogP contribution in [0.4, 0.5) is 11.6 Å². The molecule has 1 aliphatic rings. The summed E-state index contributed by atoms with van der Waals surface area (Å²) in [6, 6.07) is 8.69. The number of benzene rings is 1. The number of hydrogen-bond acceptors (Lipinski definition) is 3. The highest BCUT2D eigenvalue weighted by Gasteiger charge is 2.26. The van der Waals surface area contributed by atoms with E-state index < -0.39 is 0 Å². The van der Waals surface area contributed by atoms with Gasteiger partial charge in [0.15, 0.2) is 0 Å². The molecule has 0 radical (unpaired) electrons. The summed E-state index contributed by atoms with van der Waals surface area (Å²) in [5, 5.41) is 3.39. The Bertz CT molecular complexity index is 570. The number of imidazole rings is 1. The molecule has 1 fully saturated rings. The SMILES string of the molecule is CCCOc1ccc(Nc2nc(C)cn2C2CC2)cc1. The van der Waals surface area contributed by atoms with Crippen molar-refractivity contribution in [1.82, 2.24) is 9.55 Å². The Kier molecular flexibility index (Phi) is 3.63. The zero-order valence-corrected chi connectivity index (χ0v) is 12.1. The first kappa shape index (κ1) is 13.0. The van der Waals surface area contributed by atoms with Gasteiger partial charge in [0.1, 0.15) is 5.75 Å². The number of aromatic nitrogens is 2. The summed E-state index contributed by atoms with van der Waals surface area (Å²) < 4.78 is 7.83. The molecule has 1 aromatic heterocycles. The first-order chi connectivity index (χ1) is 9.76. The molecule has 1 heterocycles. The van der Waals surface area contributed by atoms with Gasteiger partial charge in [-0.2, -0.15) is 0 Å². The van der Waals surface area contributed by atoms with E-state index in [9.17, 15) is 0 Å². The lowest BCUT2D eigenvalue weighted by atomic mass is 10.3. The second-order valence-electron chi connectivity index (χ2n) is 5.34. The van der Waals surface area contributed by atoms with Crippen LogP contribution in [0.3, 0.4) is 0 Å². The molecule has 0 saturated heterocycles. The predicted octanol–water partition coefficient (Wildman–Crippen LogP) is 4.06. The van der Waals surface area contributed by atoms with Crippen LogP contribution in [0.5, 0.6) is 5.75 Å². The van der Waals surface area contributed by atoms with Crippen LogP contribution in [0.15, 0.2) is 30.5 Å². The zero-order chi connectivity index (χ0) is 13.9. The van der Waals surface area contributed by atoms with Gasteiger partial charge in [-0.15, -0.1) is 0 Å². The maximum absolute atomic E-state index is 5.59. The van der Waals surface area contributed by atoms with Crippen LogP contribution >= 0.6 is 0 Å². The molecule has 0 spiro atoms. The molecule has 1 aromatic carbocycles. The summed E-state index contributed by atoms with van der Waals surface area (Å²) in [5.41, 5.74) is 2.10. The van der Waals surface area contributed by atoms with Crippen molar-refractivity contribution in [3.63, 3.8) is 0 Å². The predicted molar refractivity (Wildman–Crippen MR) is 80.7 cm³/mol. The average Bonchev–Trinajstić information content (AvgIpc) is 3.23. The summed E-state index contributed by atoms with van der Waals surface area (Å²) in [4.78, 5) is 4.56. The van der Waals surface area contributed by atoms with Crippen molar-refractivity contribution in [3.8, 4) is 5.75 Å². The van der Waals surface area contributed by atoms with E-state index in [0.717, 1.165) is 36.1 Å². The molecule has 4 nitrogen and oxygen atoms in total. The van der Waals surface area contributed by atoms with Crippen LogP contribution < -0.4 is 10.1 Å². The number of aryl methyl sites for hydroxylation is 1. The molecule has 4 heteroatoms. The van der Waals surface area contributed by atoms with Gasteiger partial charge in [0.25, 0.3) is 0 Å². The first-order valence-corrected chi connectivity index (χ1v) is 7.31. The van der Waals surface area contributed by atoms with Crippen LogP contribution in [0.1, 0.15) is 37.9 Å². The van der Waals surface area contributed by atoms with Crippen molar-refractivity contribution in [1.29, 1.82) is 0 Å². The fourth-order valence-electron chi connectivity index (χ4n) is 2.22. The second-order valence-corrected chi connectivity index (χ2v) is 5.34. The average molecular weight is 271 g/mol. The number of nitrogens with one attached hydrogen (secondary N) is 1. The Morgan fingerprint density at radius 2 is 2.05 bits per heavy atom. The number of nitrogens with zero attached hydrogens (tertiary/aromatic N) is 2. The van der Waals surface area contributed by atoms with E-state index in [1.165, 1.54) is 12.8 Å². The van der Waals surface area contributed by atoms with Crippen LogP contribution in [-0.4, -0.2) is 16.2 Å². The molecule has 0 atom stereocenters. The largest absolute Gasteiger partial charge is 0.494 e. The third-order valence-corrected chi connectivity index (χ3v) is 3.38. The van der Waals surface area contributed by atoms with Gasteiger partial charge in [0, 0.05) is 17.9 Å². The van der Waals surface area contributed by atoms with Crippen LogP contribution in [0.25, 0.3) is 0 Å². The lowest BCUT2D eigenvalue weighted by molar-refractivity contribution is 0.317. The van der Waals surface area contributed by atoms with Crippen molar-refractivity contribution in [2.24, 2.45) is 0 Å². The number of ether oxygens (including phenoxy) is 1. The number of hydrogen-bond donors (Lipinski definition) is 1. The normalized spacial score (nSPS) is 14.3. The quantitative estimate of drug-likeness (QED) is 0.861. The summed E-state index contributed by atoms with van der Waals surface area (Å²) in [7, 11) is 0. The van der Waals surface area contributed by atoms with E-state index >= 15 is 0 Å². The number of rotatable bonds is 6. The third kappa shape index (κ3) is 2.95. The minimum absolute atomic E-state index is 0.630. The molecule has 0 bridgehead atoms. The Labute approximate surface area is 119 Å². The minimum atomic E-state index is 0.630. The van der Waals surface area contributed by atoms with Crippen molar-refractivity contribution < 1.29 is 4.74 Å². The highest BCUT2D eigenvalue weighted by atomic mass is 16.5. The lowest BCUT2D eigenvalue weighted by Gasteiger charge is -2.10. The standard InChI is InChI=1S/C16H21N3O/c1-3-10-20-15-8-4-13(5-9-15)18-16-17-12(2)11-19(16)14-6-7-14/h4-5,8-9,11,14H,3,6-7,10H2,1-2H3,(H,17,18). The van der Waals surface area contributed by atoms with E-state index in [2.05, 4.69) is 28.0 Å². The molecule has 20 heavy (non-hydrogen) atoms. The molecule has 0 amide bonds. The summed E-state index contributed by atoms with van der Waals surface area (Å²) in [6.07, 6.45) is 5.67. The topological polar surface area (TPSA) is 39.1 Å². The van der Waals surface area contributed by atoms with Crippen molar-refractivity contribution in [2.45, 2.75) is 39.2 Å². The van der Waals surface area contributed by atoms with Gasteiger partial charge < -0.3 is 14.6 Å². The third-order valence-electron chi connectivity index (χ3n) is 3.38. The van der Waals surface area contributed by atoms with Crippen LogP contribution in [0, 0.1) is 6.92 Å². The Hall–Kier alpha value is -1.97. The fourth-order valence-corrected chi connectivity index (χ4v) is 2.22.